The van der Waals surface area contributed by atoms with Crippen LogP contribution in [0.25, 0.3) is 0 Å². The van der Waals surface area contributed by atoms with Crippen LogP contribution in [0.5, 0.6) is 0 Å². The summed E-state index contributed by atoms with van der Waals surface area (Å²) in [5, 5.41) is 30.5. The van der Waals surface area contributed by atoms with Gasteiger partial charge in [-0.1, -0.05) is 0 Å². The molecule has 0 aliphatic rings. The summed E-state index contributed by atoms with van der Waals surface area (Å²) in [5.74, 6) is -0.634. The highest BCUT2D eigenvalue weighted by molar-refractivity contribution is 5.32. The average Bonchev–Trinajstić information content (AvgIpc) is 2.46. The number of nitro groups is 1. The first-order chi connectivity index (χ1) is 5.70. The fraction of sp³-hybridized carbons (Fsp3) is 0.400. The molecule has 0 saturated heterocycles. The van der Waals surface area contributed by atoms with E-state index in [1.54, 1.807) is 0 Å². The minimum atomic E-state index is -0.784. The van der Waals surface area contributed by atoms with Gasteiger partial charge in [-0.25, -0.2) is 0 Å². The van der Waals surface area contributed by atoms with Crippen LogP contribution in [0.15, 0.2) is 4.52 Å². The van der Waals surface area contributed by atoms with Crippen LogP contribution in [-0.4, -0.2) is 20.3 Å². The zero-order chi connectivity index (χ0) is 9.14. The standard InChI is InChI=1S/C5H6N2O5/c8-1-3-4(2-9)12-6-5(3)7(10)11/h8-9H,1-2H2. The third kappa shape index (κ3) is 1.27. The molecule has 66 valence electrons. The molecule has 12 heavy (non-hydrogen) atoms. The molecule has 1 aromatic rings. The SMILES string of the molecule is O=[N+]([O-])c1noc(CO)c1CO. The molecule has 0 saturated carbocycles. The second-order valence-corrected chi connectivity index (χ2v) is 1.98. The van der Waals surface area contributed by atoms with Gasteiger partial charge in [0.15, 0.2) is 5.16 Å². The molecule has 1 rings (SSSR count). The van der Waals surface area contributed by atoms with Gasteiger partial charge in [-0.3, -0.25) is 4.52 Å². The Kier molecular flexibility index (Phi) is 2.36. The lowest BCUT2D eigenvalue weighted by molar-refractivity contribution is -0.391. The van der Waals surface area contributed by atoms with Crippen molar-refractivity contribution in [2.75, 3.05) is 0 Å². The highest BCUT2D eigenvalue weighted by Gasteiger charge is 2.24. The van der Waals surface area contributed by atoms with Gasteiger partial charge in [-0.2, -0.15) is 0 Å². The van der Waals surface area contributed by atoms with E-state index in [0.29, 0.717) is 0 Å². The summed E-state index contributed by atoms with van der Waals surface area (Å²) >= 11 is 0. The van der Waals surface area contributed by atoms with Gasteiger partial charge in [0.25, 0.3) is 0 Å². The molecule has 0 bridgehead atoms. The van der Waals surface area contributed by atoms with Gasteiger partial charge in [-0.05, 0) is 4.92 Å². The molecule has 0 radical (unpaired) electrons. The van der Waals surface area contributed by atoms with Crippen LogP contribution in [0.4, 0.5) is 5.82 Å². The highest BCUT2D eigenvalue weighted by atomic mass is 16.6. The lowest BCUT2D eigenvalue weighted by Gasteiger charge is -1.90. The van der Waals surface area contributed by atoms with Crippen molar-refractivity contribution >= 4 is 5.82 Å². The number of rotatable bonds is 3. The van der Waals surface area contributed by atoms with Crippen molar-refractivity contribution in [3.8, 4) is 0 Å². The number of hydrogen-bond acceptors (Lipinski definition) is 6. The van der Waals surface area contributed by atoms with Gasteiger partial charge in [0.05, 0.1) is 6.61 Å². The predicted molar refractivity (Wildman–Crippen MR) is 35.0 cm³/mol. The number of aliphatic hydroxyl groups excluding tert-OH is 2. The van der Waals surface area contributed by atoms with Crippen LogP contribution in [0, 0.1) is 10.1 Å². The van der Waals surface area contributed by atoms with Crippen molar-refractivity contribution in [3.05, 3.63) is 21.4 Å². The molecule has 0 aromatic carbocycles. The maximum absolute atomic E-state index is 10.2. The van der Waals surface area contributed by atoms with Crippen molar-refractivity contribution < 1.29 is 19.7 Å². The molecule has 0 unspecified atom stereocenters. The van der Waals surface area contributed by atoms with Crippen LogP contribution in [-0.2, 0) is 13.2 Å². The van der Waals surface area contributed by atoms with E-state index < -0.39 is 24.0 Å². The Labute approximate surface area is 66.4 Å². The Bertz CT molecular complexity index is 294. The van der Waals surface area contributed by atoms with E-state index >= 15 is 0 Å². The highest BCUT2D eigenvalue weighted by Crippen LogP contribution is 2.20. The van der Waals surface area contributed by atoms with E-state index in [0.717, 1.165) is 0 Å². The molecule has 0 spiro atoms. The fourth-order valence-corrected chi connectivity index (χ4v) is 0.760. The van der Waals surface area contributed by atoms with Gasteiger partial charge in [0.2, 0.25) is 5.76 Å². The molecular formula is C5H6N2O5. The topological polar surface area (TPSA) is 110 Å². The van der Waals surface area contributed by atoms with E-state index in [2.05, 4.69) is 9.68 Å². The van der Waals surface area contributed by atoms with Crippen LogP contribution in [0.3, 0.4) is 0 Å². The maximum atomic E-state index is 10.2. The first-order valence-corrected chi connectivity index (χ1v) is 3.04. The molecule has 1 heterocycles. The minimum Gasteiger partial charge on any atom is -0.391 e. The molecule has 7 nitrogen and oxygen atoms in total. The smallest absolute Gasteiger partial charge is 0.391 e. The first kappa shape index (κ1) is 8.62. The van der Waals surface area contributed by atoms with Gasteiger partial charge >= 0.3 is 5.82 Å². The Hall–Kier alpha value is -1.47. The summed E-state index contributed by atoms with van der Waals surface area (Å²) in [6.45, 7) is -1.09. The van der Waals surface area contributed by atoms with Crippen LogP contribution in [0.1, 0.15) is 11.3 Å². The number of aliphatic hydroxyl groups is 2. The van der Waals surface area contributed by atoms with Gasteiger partial charge in [0.1, 0.15) is 12.2 Å². The zero-order valence-electron chi connectivity index (χ0n) is 5.93. The Balaban J connectivity index is 3.13. The van der Waals surface area contributed by atoms with E-state index in [1.807, 2.05) is 0 Å². The number of aromatic nitrogens is 1. The third-order valence-electron chi connectivity index (χ3n) is 1.32. The van der Waals surface area contributed by atoms with Crippen LogP contribution >= 0.6 is 0 Å². The summed E-state index contributed by atoms with van der Waals surface area (Å²) in [5.41, 5.74) is -0.0810. The van der Waals surface area contributed by atoms with E-state index in [4.69, 9.17) is 10.2 Å². The van der Waals surface area contributed by atoms with Crippen molar-refractivity contribution in [1.82, 2.24) is 5.16 Å². The third-order valence-corrected chi connectivity index (χ3v) is 1.32. The van der Waals surface area contributed by atoms with E-state index in [1.165, 1.54) is 0 Å². The fourth-order valence-electron chi connectivity index (χ4n) is 0.760. The van der Waals surface area contributed by atoms with Crippen molar-refractivity contribution in [2.24, 2.45) is 0 Å². The normalized spacial score (nSPS) is 10.2. The van der Waals surface area contributed by atoms with Gasteiger partial charge < -0.3 is 20.3 Å². The Morgan fingerprint density at radius 1 is 1.50 bits per heavy atom. The number of hydrogen-bond donors (Lipinski definition) is 2. The van der Waals surface area contributed by atoms with Crippen molar-refractivity contribution in [1.29, 1.82) is 0 Å². The largest absolute Gasteiger partial charge is 0.419 e. The molecule has 0 aliphatic carbocycles. The van der Waals surface area contributed by atoms with E-state index in [-0.39, 0.29) is 11.3 Å². The van der Waals surface area contributed by atoms with Gasteiger partial charge in [0, 0.05) is 0 Å². The summed E-state index contributed by atoms with van der Waals surface area (Å²) < 4.78 is 4.40. The summed E-state index contributed by atoms with van der Waals surface area (Å²) in [7, 11) is 0. The zero-order valence-corrected chi connectivity index (χ0v) is 5.93. The van der Waals surface area contributed by atoms with Crippen molar-refractivity contribution in [3.63, 3.8) is 0 Å². The second kappa shape index (κ2) is 3.28. The van der Waals surface area contributed by atoms with Crippen molar-refractivity contribution in [2.45, 2.75) is 13.2 Å². The predicted octanol–water partition coefficient (Wildman–Crippen LogP) is -0.433. The molecule has 2 N–H and O–H groups in total. The van der Waals surface area contributed by atoms with E-state index in [9.17, 15) is 10.1 Å². The van der Waals surface area contributed by atoms with Crippen LogP contribution in [0.2, 0.25) is 0 Å². The lowest BCUT2D eigenvalue weighted by atomic mass is 10.2. The monoisotopic (exact) mass is 174 g/mol. The molecule has 7 heteroatoms. The Morgan fingerprint density at radius 2 is 2.17 bits per heavy atom. The molecule has 0 fully saturated rings. The summed E-state index contributed by atoms with van der Waals surface area (Å²) in [4.78, 5) is 9.42. The first-order valence-electron chi connectivity index (χ1n) is 3.04. The summed E-state index contributed by atoms with van der Waals surface area (Å²) in [6.07, 6.45) is 0. The van der Waals surface area contributed by atoms with Gasteiger partial charge in [-0.15, -0.1) is 0 Å². The Morgan fingerprint density at radius 3 is 2.58 bits per heavy atom. The maximum Gasteiger partial charge on any atom is 0.419 e. The quantitative estimate of drug-likeness (QED) is 0.475. The molecule has 1 aromatic heterocycles. The summed E-state index contributed by atoms with van der Waals surface area (Å²) in [6, 6.07) is 0. The second-order valence-electron chi connectivity index (χ2n) is 1.98. The molecule has 0 aliphatic heterocycles. The van der Waals surface area contributed by atoms with Crippen LogP contribution < -0.4 is 0 Å². The average molecular weight is 174 g/mol. The molecular weight excluding hydrogens is 168 g/mol. The molecule has 0 amide bonds. The lowest BCUT2D eigenvalue weighted by Crippen LogP contribution is -1.95. The number of nitrogens with zero attached hydrogens (tertiary/aromatic N) is 2. The molecule has 0 atom stereocenters. The minimum absolute atomic E-state index is 0.0794.